The van der Waals surface area contributed by atoms with Crippen LogP contribution in [0, 0.1) is 18.3 Å². The number of ether oxygens (including phenoxy) is 3. The molecule has 0 atom stereocenters. The maximum atomic E-state index is 9.59. The lowest BCUT2D eigenvalue weighted by atomic mass is 9.93. The van der Waals surface area contributed by atoms with Crippen molar-refractivity contribution in [2.45, 2.75) is 20.3 Å². The Hall–Kier alpha value is -2.94. The number of benzene rings is 1. The van der Waals surface area contributed by atoms with Gasteiger partial charge in [0, 0.05) is 23.1 Å². The Bertz CT molecular complexity index is 810. The number of aryl methyl sites for hydroxylation is 1. The number of hydrogen-bond acceptors (Lipinski definition) is 5. The highest BCUT2D eigenvalue weighted by molar-refractivity contribution is 5.84. The molecule has 0 saturated carbocycles. The van der Waals surface area contributed by atoms with Gasteiger partial charge in [-0.1, -0.05) is 6.92 Å². The predicted molar refractivity (Wildman–Crippen MR) is 91.3 cm³/mol. The molecule has 1 heterocycles. The van der Waals surface area contributed by atoms with E-state index >= 15 is 0 Å². The zero-order valence-corrected chi connectivity index (χ0v) is 14.6. The number of hydrogen-bond donors (Lipinski definition) is 1. The number of rotatable bonds is 5. The fourth-order valence-corrected chi connectivity index (χ4v) is 2.90. The standard InChI is InChI=1S/C18H21N3O3/c1-6-13-10(2)15(12(9-19)18(20)21-13)11-7-8-14(22-3)17(24-5)16(11)23-4/h7-8H,6H2,1-5H3,(H2,20,21)/p+1. The van der Waals surface area contributed by atoms with Crippen molar-refractivity contribution in [3.8, 4) is 34.4 Å². The third-order valence-electron chi connectivity index (χ3n) is 4.07. The molecule has 126 valence electrons. The summed E-state index contributed by atoms with van der Waals surface area (Å²) in [6.07, 6.45) is 0.768. The van der Waals surface area contributed by atoms with Crippen LogP contribution in [0.4, 0.5) is 5.82 Å². The lowest BCUT2D eigenvalue weighted by molar-refractivity contribution is -0.373. The van der Waals surface area contributed by atoms with Crippen LogP contribution in [-0.2, 0) is 6.42 Å². The maximum absolute atomic E-state index is 9.59. The van der Waals surface area contributed by atoms with Crippen molar-refractivity contribution in [3.05, 3.63) is 29.0 Å². The van der Waals surface area contributed by atoms with Crippen molar-refractivity contribution in [2.75, 3.05) is 27.1 Å². The zero-order valence-electron chi connectivity index (χ0n) is 14.6. The van der Waals surface area contributed by atoms with E-state index in [9.17, 15) is 5.26 Å². The molecule has 2 rings (SSSR count). The third-order valence-corrected chi connectivity index (χ3v) is 4.07. The number of pyridine rings is 1. The van der Waals surface area contributed by atoms with Crippen LogP contribution in [-0.4, -0.2) is 21.3 Å². The summed E-state index contributed by atoms with van der Waals surface area (Å²) in [6, 6.07) is 5.82. The molecule has 0 aliphatic rings. The van der Waals surface area contributed by atoms with Gasteiger partial charge in [-0.3, -0.25) is 5.73 Å². The molecule has 3 N–H and O–H groups in total. The Morgan fingerprint density at radius 3 is 2.29 bits per heavy atom. The van der Waals surface area contributed by atoms with Gasteiger partial charge in [0.15, 0.2) is 11.5 Å². The SMILES string of the molecule is CCc1[nH+]c(N)c(C#N)c(-c2ccc(OC)c(OC)c2OC)c1C. The van der Waals surface area contributed by atoms with Crippen molar-refractivity contribution in [1.29, 1.82) is 5.26 Å². The van der Waals surface area contributed by atoms with E-state index in [1.165, 1.54) is 0 Å². The summed E-state index contributed by atoms with van der Waals surface area (Å²) in [6.45, 7) is 3.99. The number of H-pyrrole nitrogens is 1. The number of aromatic nitrogens is 1. The molecule has 24 heavy (non-hydrogen) atoms. The van der Waals surface area contributed by atoms with E-state index < -0.39 is 0 Å². The zero-order chi connectivity index (χ0) is 17.9. The van der Waals surface area contributed by atoms with Gasteiger partial charge in [0.25, 0.3) is 5.82 Å². The quantitative estimate of drug-likeness (QED) is 0.910. The van der Waals surface area contributed by atoms with Gasteiger partial charge < -0.3 is 14.2 Å². The van der Waals surface area contributed by atoms with E-state index in [0.29, 0.717) is 28.6 Å². The molecular weight excluding hydrogens is 306 g/mol. The average molecular weight is 328 g/mol. The summed E-state index contributed by atoms with van der Waals surface area (Å²) in [5, 5.41) is 9.59. The van der Waals surface area contributed by atoms with E-state index in [4.69, 9.17) is 19.9 Å². The van der Waals surface area contributed by atoms with E-state index in [2.05, 4.69) is 11.1 Å². The molecule has 1 aromatic carbocycles. The van der Waals surface area contributed by atoms with Gasteiger partial charge in [-0.25, -0.2) is 4.98 Å². The minimum atomic E-state index is 0.340. The molecule has 0 aliphatic carbocycles. The largest absolute Gasteiger partial charge is 0.493 e. The molecule has 6 nitrogen and oxygen atoms in total. The van der Waals surface area contributed by atoms with E-state index in [1.54, 1.807) is 27.4 Å². The number of nitrogen functional groups attached to an aromatic ring is 1. The van der Waals surface area contributed by atoms with Gasteiger partial charge in [0.1, 0.15) is 17.3 Å². The predicted octanol–water partition coefficient (Wildman–Crippen LogP) is 2.52. The minimum Gasteiger partial charge on any atom is -0.493 e. The van der Waals surface area contributed by atoms with Crippen molar-refractivity contribution in [1.82, 2.24) is 0 Å². The normalized spacial score (nSPS) is 10.2. The van der Waals surface area contributed by atoms with E-state index in [1.807, 2.05) is 19.9 Å². The van der Waals surface area contributed by atoms with Crippen LogP contribution < -0.4 is 24.9 Å². The smallest absolute Gasteiger partial charge is 0.289 e. The van der Waals surface area contributed by atoms with Crippen molar-refractivity contribution in [2.24, 2.45) is 0 Å². The van der Waals surface area contributed by atoms with Gasteiger partial charge in [0.2, 0.25) is 5.75 Å². The molecule has 0 radical (unpaired) electrons. The second-order valence-electron chi connectivity index (χ2n) is 5.24. The highest BCUT2D eigenvalue weighted by atomic mass is 16.5. The number of nitrogens with one attached hydrogen (secondary N) is 1. The molecule has 0 aliphatic heterocycles. The number of nitrogens with two attached hydrogens (primary N) is 1. The fourth-order valence-electron chi connectivity index (χ4n) is 2.90. The van der Waals surface area contributed by atoms with Gasteiger partial charge >= 0.3 is 0 Å². The molecule has 2 aromatic rings. The van der Waals surface area contributed by atoms with Gasteiger partial charge in [-0.05, 0) is 19.1 Å². The molecule has 0 saturated heterocycles. The Labute approximate surface area is 141 Å². The summed E-state index contributed by atoms with van der Waals surface area (Å²) in [5.74, 6) is 1.88. The molecule has 0 bridgehead atoms. The number of nitrogens with zero attached hydrogens (tertiary/aromatic N) is 1. The minimum absolute atomic E-state index is 0.340. The Balaban J connectivity index is 2.92. The molecule has 0 amide bonds. The first-order chi connectivity index (χ1) is 11.5. The first-order valence-corrected chi connectivity index (χ1v) is 7.57. The van der Waals surface area contributed by atoms with Crippen LogP contribution in [0.1, 0.15) is 23.7 Å². The highest BCUT2D eigenvalue weighted by Crippen LogP contribution is 2.46. The van der Waals surface area contributed by atoms with E-state index in [-0.39, 0.29) is 0 Å². The van der Waals surface area contributed by atoms with Crippen LogP contribution in [0.25, 0.3) is 11.1 Å². The van der Waals surface area contributed by atoms with Gasteiger partial charge in [0.05, 0.1) is 21.3 Å². The topological polar surface area (TPSA) is 91.6 Å². The summed E-state index contributed by atoms with van der Waals surface area (Å²) < 4.78 is 16.3. The Kier molecular flexibility index (Phi) is 5.14. The van der Waals surface area contributed by atoms with Crippen LogP contribution in [0.2, 0.25) is 0 Å². The molecular formula is C18H22N3O3+. The molecule has 0 unspecified atom stereocenters. The van der Waals surface area contributed by atoms with Crippen molar-refractivity contribution < 1.29 is 19.2 Å². The summed E-state index contributed by atoms with van der Waals surface area (Å²) in [5.41, 5.74) is 9.84. The number of aromatic amines is 1. The Morgan fingerprint density at radius 1 is 1.12 bits per heavy atom. The van der Waals surface area contributed by atoms with Gasteiger partial charge in [-0.2, -0.15) is 5.26 Å². The summed E-state index contributed by atoms with van der Waals surface area (Å²) in [4.78, 5) is 3.10. The highest BCUT2D eigenvalue weighted by Gasteiger charge is 2.25. The van der Waals surface area contributed by atoms with Crippen LogP contribution >= 0.6 is 0 Å². The summed E-state index contributed by atoms with van der Waals surface area (Å²) >= 11 is 0. The first-order valence-electron chi connectivity index (χ1n) is 7.57. The molecule has 6 heteroatoms. The monoisotopic (exact) mass is 328 g/mol. The Morgan fingerprint density at radius 2 is 1.79 bits per heavy atom. The lowest BCUT2D eigenvalue weighted by Gasteiger charge is -2.18. The van der Waals surface area contributed by atoms with Crippen LogP contribution in [0.3, 0.4) is 0 Å². The average Bonchev–Trinajstić information content (AvgIpc) is 2.61. The third kappa shape index (κ3) is 2.69. The van der Waals surface area contributed by atoms with Gasteiger partial charge in [-0.15, -0.1) is 0 Å². The molecule has 0 fully saturated rings. The van der Waals surface area contributed by atoms with Crippen LogP contribution in [0.5, 0.6) is 17.2 Å². The number of methoxy groups -OCH3 is 3. The second-order valence-corrected chi connectivity index (χ2v) is 5.24. The fraction of sp³-hybridized carbons (Fsp3) is 0.333. The molecule has 1 aromatic heterocycles. The second kappa shape index (κ2) is 7.09. The van der Waals surface area contributed by atoms with Crippen molar-refractivity contribution in [3.63, 3.8) is 0 Å². The maximum Gasteiger partial charge on any atom is 0.289 e. The van der Waals surface area contributed by atoms with E-state index in [0.717, 1.165) is 28.8 Å². The lowest BCUT2D eigenvalue weighted by Crippen LogP contribution is -2.21. The van der Waals surface area contributed by atoms with Crippen molar-refractivity contribution >= 4 is 5.82 Å². The summed E-state index contributed by atoms with van der Waals surface area (Å²) in [7, 11) is 4.67. The number of nitriles is 1. The van der Waals surface area contributed by atoms with Crippen LogP contribution in [0.15, 0.2) is 12.1 Å². The number of anilines is 1. The molecule has 0 spiro atoms. The first kappa shape index (κ1) is 17.4.